The minimum atomic E-state index is -0.766. The molecule has 3 heteroatoms. The molecule has 0 spiro atoms. The van der Waals surface area contributed by atoms with Crippen molar-refractivity contribution in [1.29, 1.82) is 0 Å². The minimum absolute atomic E-state index is 0.369. The zero-order chi connectivity index (χ0) is 12.3. The molecule has 1 N–H and O–H groups in total. The van der Waals surface area contributed by atoms with Crippen LogP contribution in [0.2, 0.25) is 0 Å². The molecule has 1 atom stereocenters. The normalized spacial score (nSPS) is 12.2. The number of ether oxygens (including phenoxy) is 1. The first kappa shape index (κ1) is 12.6. The Morgan fingerprint density at radius 1 is 1.44 bits per heavy atom. The molecule has 1 aromatic rings. The number of carbonyl (C=O) groups is 1. The summed E-state index contributed by atoms with van der Waals surface area (Å²) in [4.78, 5) is 10.8. The zero-order valence-electron chi connectivity index (χ0n) is 10.2. The fraction of sp³-hybridized carbons (Fsp3) is 0.462. The van der Waals surface area contributed by atoms with Gasteiger partial charge in [-0.1, -0.05) is 13.0 Å². The summed E-state index contributed by atoms with van der Waals surface area (Å²) in [6, 6.07) is 3.94. The standard InChI is InChI=1S/C13H18O3/c1-8-5-11(6-9(2)13(14)15)7-12(16-4)10(8)3/h5,7,9H,6H2,1-4H3,(H,14,15). The van der Waals surface area contributed by atoms with Crippen LogP contribution < -0.4 is 4.74 Å². The second-order valence-electron chi connectivity index (χ2n) is 4.18. The Labute approximate surface area is 96.1 Å². The second kappa shape index (κ2) is 5.01. The molecule has 0 aliphatic carbocycles. The molecular formula is C13H18O3. The number of aryl methyl sites for hydroxylation is 1. The van der Waals surface area contributed by atoms with Crippen molar-refractivity contribution >= 4 is 5.97 Å². The maximum absolute atomic E-state index is 10.8. The molecule has 0 saturated carbocycles. The molecule has 0 saturated heterocycles. The van der Waals surface area contributed by atoms with E-state index in [0.717, 1.165) is 22.4 Å². The van der Waals surface area contributed by atoms with Crippen molar-refractivity contribution in [1.82, 2.24) is 0 Å². The van der Waals surface area contributed by atoms with Crippen molar-refractivity contribution < 1.29 is 14.6 Å². The van der Waals surface area contributed by atoms with Gasteiger partial charge in [-0.3, -0.25) is 4.79 Å². The lowest BCUT2D eigenvalue weighted by Gasteiger charge is -2.12. The summed E-state index contributed by atoms with van der Waals surface area (Å²) < 4.78 is 5.26. The van der Waals surface area contributed by atoms with E-state index >= 15 is 0 Å². The van der Waals surface area contributed by atoms with Crippen molar-refractivity contribution in [3.8, 4) is 5.75 Å². The average molecular weight is 222 g/mol. The maximum atomic E-state index is 10.8. The molecular weight excluding hydrogens is 204 g/mol. The molecule has 0 bridgehead atoms. The molecule has 0 heterocycles. The molecule has 0 radical (unpaired) electrons. The molecule has 1 aromatic carbocycles. The monoisotopic (exact) mass is 222 g/mol. The Bertz CT molecular complexity index is 396. The first-order valence-electron chi connectivity index (χ1n) is 5.32. The van der Waals surface area contributed by atoms with Crippen LogP contribution in [-0.4, -0.2) is 18.2 Å². The van der Waals surface area contributed by atoms with E-state index in [1.807, 2.05) is 26.0 Å². The van der Waals surface area contributed by atoms with Crippen molar-refractivity contribution in [3.63, 3.8) is 0 Å². The van der Waals surface area contributed by atoms with Crippen LogP contribution in [0.25, 0.3) is 0 Å². The van der Waals surface area contributed by atoms with Crippen molar-refractivity contribution in [2.75, 3.05) is 7.11 Å². The van der Waals surface area contributed by atoms with Gasteiger partial charge in [0.15, 0.2) is 0 Å². The average Bonchev–Trinajstić information content (AvgIpc) is 2.22. The highest BCUT2D eigenvalue weighted by atomic mass is 16.5. The van der Waals surface area contributed by atoms with Gasteiger partial charge >= 0.3 is 5.97 Å². The Morgan fingerprint density at radius 2 is 2.06 bits per heavy atom. The van der Waals surface area contributed by atoms with E-state index in [1.54, 1.807) is 14.0 Å². The minimum Gasteiger partial charge on any atom is -0.496 e. The van der Waals surface area contributed by atoms with Crippen LogP contribution in [0, 0.1) is 19.8 Å². The SMILES string of the molecule is COc1cc(CC(C)C(=O)O)cc(C)c1C. The van der Waals surface area contributed by atoms with E-state index in [9.17, 15) is 4.79 Å². The number of carboxylic acid groups (broad SMARTS) is 1. The smallest absolute Gasteiger partial charge is 0.306 e. The lowest BCUT2D eigenvalue weighted by atomic mass is 9.97. The van der Waals surface area contributed by atoms with Gasteiger partial charge in [-0.05, 0) is 43.0 Å². The number of aliphatic carboxylic acids is 1. The molecule has 1 rings (SSSR count). The summed E-state index contributed by atoms with van der Waals surface area (Å²) in [7, 11) is 1.63. The van der Waals surface area contributed by atoms with Crippen LogP contribution in [-0.2, 0) is 11.2 Å². The molecule has 0 aliphatic rings. The van der Waals surface area contributed by atoms with E-state index in [2.05, 4.69) is 0 Å². The van der Waals surface area contributed by atoms with E-state index in [1.165, 1.54) is 0 Å². The van der Waals surface area contributed by atoms with Crippen molar-refractivity contribution in [2.45, 2.75) is 27.2 Å². The Balaban J connectivity index is 2.98. The van der Waals surface area contributed by atoms with Crippen LogP contribution in [0.3, 0.4) is 0 Å². The summed E-state index contributed by atoms with van der Waals surface area (Å²) >= 11 is 0. The highest BCUT2D eigenvalue weighted by molar-refractivity contribution is 5.70. The summed E-state index contributed by atoms with van der Waals surface area (Å²) in [6.45, 7) is 5.72. The number of carboxylic acids is 1. The molecule has 0 aliphatic heterocycles. The molecule has 1 unspecified atom stereocenters. The predicted octanol–water partition coefficient (Wildman–Crippen LogP) is 2.58. The predicted molar refractivity (Wildman–Crippen MR) is 63.0 cm³/mol. The van der Waals surface area contributed by atoms with Crippen molar-refractivity contribution in [3.05, 3.63) is 28.8 Å². The number of methoxy groups -OCH3 is 1. The molecule has 88 valence electrons. The summed E-state index contributed by atoms with van der Waals surface area (Å²) in [6.07, 6.45) is 0.535. The summed E-state index contributed by atoms with van der Waals surface area (Å²) in [5.41, 5.74) is 3.25. The van der Waals surface area contributed by atoms with Gasteiger partial charge in [0.2, 0.25) is 0 Å². The van der Waals surface area contributed by atoms with Gasteiger partial charge in [-0.2, -0.15) is 0 Å². The first-order valence-corrected chi connectivity index (χ1v) is 5.32. The number of hydrogen-bond acceptors (Lipinski definition) is 2. The number of benzene rings is 1. The van der Waals surface area contributed by atoms with E-state index in [4.69, 9.17) is 9.84 Å². The molecule has 16 heavy (non-hydrogen) atoms. The highest BCUT2D eigenvalue weighted by Gasteiger charge is 2.13. The third-order valence-corrected chi connectivity index (χ3v) is 2.86. The van der Waals surface area contributed by atoms with Gasteiger partial charge in [-0.25, -0.2) is 0 Å². The van der Waals surface area contributed by atoms with E-state index in [0.29, 0.717) is 6.42 Å². The lowest BCUT2D eigenvalue weighted by molar-refractivity contribution is -0.141. The Hall–Kier alpha value is -1.51. The second-order valence-corrected chi connectivity index (χ2v) is 4.18. The van der Waals surface area contributed by atoms with E-state index < -0.39 is 5.97 Å². The van der Waals surface area contributed by atoms with Crippen LogP contribution in [0.5, 0.6) is 5.75 Å². The molecule has 0 amide bonds. The van der Waals surface area contributed by atoms with Gasteiger partial charge in [0, 0.05) is 0 Å². The third kappa shape index (κ3) is 2.75. The zero-order valence-corrected chi connectivity index (χ0v) is 10.2. The van der Waals surface area contributed by atoms with Crippen LogP contribution in [0.4, 0.5) is 0 Å². The highest BCUT2D eigenvalue weighted by Crippen LogP contribution is 2.24. The van der Waals surface area contributed by atoms with Crippen LogP contribution >= 0.6 is 0 Å². The first-order chi connectivity index (χ1) is 7.45. The fourth-order valence-corrected chi connectivity index (χ4v) is 1.67. The maximum Gasteiger partial charge on any atom is 0.306 e. The van der Waals surface area contributed by atoms with Gasteiger partial charge in [-0.15, -0.1) is 0 Å². The topological polar surface area (TPSA) is 46.5 Å². The fourth-order valence-electron chi connectivity index (χ4n) is 1.67. The molecule has 3 nitrogen and oxygen atoms in total. The van der Waals surface area contributed by atoms with Crippen LogP contribution in [0.1, 0.15) is 23.6 Å². The Kier molecular flexibility index (Phi) is 3.93. The summed E-state index contributed by atoms with van der Waals surface area (Å²) in [5, 5.41) is 8.86. The van der Waals surface area contributed by atoms with Crippen molar-refractivity contribution in [2.24, 2.45) is 5.92 Å². The van der Waals surface area contributed by atoms with Gasteiger partial charge in [0.05, 0.1) is 13.0 Å². The lowest BCUT2D eigenvalue weighted by Crippen LogP contribution is -2.12. The summed E-state index contributed by atoms with van der Waals surface area (Å²) in [5.74, 6) is -0.309. The molecule has 0 aromatic heterocycles. The van der Waals surface area contributed by atoms with Gasteiger partial charge in [0.1, 0.15) is 5.75 Å². The number of rotatable bonds is 4. The quantitative estimate of drug-likeness (QED) is 0.851. The number of hydrogen-bond donors (Lipinski definition) is 1. The largest absolute Gasteiger partial charge is 0.496 e. The third-order valence-electron chi connectivity index (χ3n) is 2.86. The van der Waals surface area contributed by atoms with Gasteiger partial charge < -0.3 is 9.84 Å². The van der Waals surface area contributed by atoms with Crippen LogP contribution in [0.15, 0.2) is 12.1 Å². The van der Waals surface area contributed by atoms with E-state index in [-0.39, 0.29) is 5.92 Å². The van der Waals surface area contributed by atoms with Gasteiger partial charge in [0.25, 0.3) is 0 Å². The Morgan fingerprint density at radius 3 is 2.56 bits per heavy atom. The molecule has 0 fully saturated rings.